The van der Waals surface area contributed by atoms with E-state index in [0.717, 1.165) is 18.7 Å². The number of methoxy groups -OCH3 is 1. The summed E-state index contributed by atoms with van der Waals surface area (Å²) in [6.07, 6.45) is 0.161. The molecule has 0 radical (unpaired) electrons. The fourth-order valence-electron chi connectivity index (χ4n) is 4.47. The Balaban J connectivity index is 1.89. The van der Waals surface area contributed by atoms with E-state index in [-0.39, 0.29) is 23.9 Å². The third-order valence-electron chi connectivity index (χ3n) is 6.39. The van der Waals surface area contributed by atoms with Crippen LogP contribution in [0.4, 0.5) is 23.2 Å². The number of carbonyl (C=O) groups is 1. The summed E-state index contributed by atoms with van der Waals surface area (Å²) in [6, 6.07) is 7.51. The monoisotopic (exact) mass is 566 g/mol. The Kier molecular flexibility index (Phi) is 8.26. The van der Waals surface area contributed by atoms with Crippen LogP contribution in [0.3, 0.4) is 0 Å². The molecule has 1 atom stereocenters. The second-order valence-corrected chi connectivity index (χ2v) is 11.3. The van der Waals surface area contributed by atoms with Gasteiger partial charge in [0.2, 0.25) is 0 Å². The van der Waals surface area contributed by atoms with Crippen molar-refractivity contribution in [2.75, 3.05) is 38.0 Å². The molecule has 3 aromatic rings. The molecule has 1 aliphatic rings. The fourth-order valence-corrected chi connectivity index (χ4v) is 5.15. The number of benzene rings is 2. The first-order valence-corrected chi connectivity index (χ1v) is 13.9. The highest BCUT2D eigenvalue weighted by molar-refractivity contribution is 7.90. The Bertz CT molecular complexity index is 1470. The van der Waals surface area contributed by atoms with Crippen molar-refractivity contribution >= 4 is 21.4 Å². The van der Waals surface area contributed by atoms with Gasteiger partial charge in [0.05, 0.1) is 36.1 Å². The van der Waals surface area contributed by atoms with Crippen LogP contribution in [0.2, 0.25) is 0 Å². The van der Waals surface area contributed by atoms with Gasteiger partial charge in [-0.05, 0) is 49.2 Å². The number of hydrogen-bond donors (Lipinski definition) is 0. The highest BCUT2D eigenvalue weighted by Gasteiger charge is 2.34. The molecule has 7 nitrogen and oxygen atoms in total. The SMILES string of the molecule is COc1cc(F)ccc1-c1ccncc1N(C[C@@H]1CCCOC1)C(=O)c1cc(C(F)(F)F)cc(S(C)(=O)=O)c1. The summed E-state index contributed by atoms with van der Waals surface area (Å²) >= 11 is 0. The van der Waals surface area contributed by atoms with Gasteiger partial charge in [0.1, 0.15) is 11.6 Å². The summed E-state index contributed by atoms with van der Waals surface area (Å²) in [5, 5.41) is 0. The first-order valence-electron chi connectivity index (χ1n) is 12.0. The number of sulfone groups is 1. The van der Waals surface area contributed by atoms with Crippen LogP contribution in [0, 0.1) is 11.7 Å². The Hall–Kier alpha value is -3.51. The number of carbonyl (C=O) groups excluding carboxylic acids is 1. The number of rotatable bonds is 7. The van der Waals surface area contributed by atoms with Crippen molar-refractivity contribution in [3.05, 3.63) is 71.8 Å². The molecule has 0 spiro atoms. The first-order chi connectivity index (χ1) is 18.4. The van der Waals surface area contributed by atoms with Crippen LogP contribution in [0.25, 0.3) is 11.1 Å². The zero-order chi connectivity index (χ0) is 28.4. The lowest BCUT2D eigenvalue weighted by Gasteiger charge is -2.31. The molecule has 0 saturated carbocycles. The van der Waals surface area contributed by atoms with E-state index in [1.54, 1.807) is 6.07 Å². The van der Waals surface area contributed by atoms with Crippen molar-refractivity contribution < 1.29 is 40.2 Å². The molecule has 1 fully saturated rings. The summed E-state index contributed by atoms with van der Waals surface area (Å²) in [5.74, 6) is -1.37. The van der Waals surface area contributed by atoms with Crippen molar-refractivity contribution in [3.63, 3.8) is 0 Å². The minimum atomic E-state index is -4.89. The average molecular weight is 567 g/mol. The topological polar surface area (TPSA) is 85.8 Å². The second kappa shape index (κ2) is 11.3. The number of hydrogen-bond acceptors (Lipinski definition) is 6. The van der Waals surface area contributed by atoms with Gasteiger partial charge in [0.25, 0.3) is 5.91 Å². The van der Waals surface area contributed by atoms with Gasteiger partial charge in [0.15, 0.2) is 9.84 Å². The van der Waals surface area contributed by atoms with E-state index in [9.17, 15) is 30.8 Å². The smallest absolute Gasteiger partial charge is 0.416 e. The van der Waals surface area contributed by atoms with E-state index in [1.807, 2.05) is 0 Å². The predicted molar refractivity (Wildman–Crippen MR) is 136 cm³/mol. The molecule has 208 valence electrons. The standard InChI is InChI=1S/C27H26F4N2O5S/c1-37-25-13-20(28)5-6-23(25)22-7-8-32-14-24(22)33(15-17-4-3-9-38-16-17)26(34)18-10-19(27(29,30)31)12-21(11-18)39(2,35)36/h5-8,10-14,17H,3-4,9,15-16H2,1-2H3/t17-/m0/s1. The van der Waals surface area contributed by atoms with E-state index in [0.29, 0.717) is 42.9 Å². The minimum Gasteiger partial charge on any atom is -0.496 e. The van der Waals surface area contributed by atoms with Gasteiger partial charge in [-0.25, -0.2) is 12.8 Å². The van der Waals surface area contributed by atoms with Crippen LogP contribution in [-0.2, 0) is 20.8 Å². The molecule has 4 rings (SSSR count). The molecular formula is C27H26F4N2O5S. The lowest BCUT2D eigenvalue weighted by Crippen LogP contribution is -2.38. The van der Waals surface area contributed by atoms with Gasteiger partial charge in [-0.1, -0.05) is 0 Å². The summed E-state index contributed by atoms with van der Waals surface area (Å²) in [4.78, 5) is 18.7. The summed E-state index contributed by atoms with van der Waals surface area (Å²) < 4.78 is 90.4. The summed E-state index contributed by atoms with van der Waals surface area (Å²) in [7, 11) is -2.72. The van der Waals surface area contributed by atoms with E-state index in [1.165, 1.54) is 42.6 Å². The number of aromatic nitrogens is 1. The molecule has 0 N–H and O–H groups in total. The third-order valence-corrected chi connectivity index (χ3v) is 7.49. The average Bonchev–Trinajstić information content (AvgIpc) is 2.90. The normalized spacial score (nSPS) is 16.1. The highest BCUT2D eigenvalue weighted by atomic mass is 32.2. The zero-order valence-corrected chi connectivity index (χ0v) is 22.0. The van der Waals surface area contributed by atoms with Crippen molar-refractivity contribution in [3.8, 4) is 16.9 Å². The fraction of sp³-hybridized carbons (Fsp3) is 0.333. The molecule has 1 saturated heterocycles. The molecule has 2 aromatic carbocycles. The largest absolute Gasteiger partial charge is 0.496 e. The van der Waals surface area contributed by atoms with Crippen LogP contribution in [0.15, 0.2) is 59.8 Å². The lowest BCUT2D eigenvalue weighted by atomic mass is 9.98. The molecule has 2 heterocycles. The quantitative estimate of drug-likeness (QED) is 0.357. The van der Waals surface area contributed by atoms with Crippen LogP contribution >= 0.6 is 0 Å². The zero-order valence-electron chi connectivity index (χ0n) is 21.2. The maximum absolute atomic E-state index is 14.0. The number of pyridine rings is 1. The predicted octanol–water partition coefficient (Wildman–Crippen LogP) is 5.39. The van der Waals surface area contributed by atoms with E-state index >= 15 is 0 Å². The van der Waals surface area contributed by atoms with E-state index in [4.69, 9.17) is 9.47 Å². The van der Waals surface area contributed by atoms with Crippen molar-refractivity contribution in [1.82, 2.24) is 4.98 Å². The Morgan fingerprint density at radius 1 is 1.15 bits per heavy atom. The van der Waals surface area contributed by atoms with E-state index in [2.05, 4.69) is 4.98 Å². The molecule has 0 unspecified atom stereocenters. The molecule has 12 heteroatoms. The maximum Gasteiger partial charge on any atom is 0.416 e. The van der Waals surface area contributed by atoms with Crippen molar-refractivity contribution in [2.45, 2.75) is 23.9 Å². The second-order valence-electron chi connectivity index (χ2n) is 9.25. The number of amides is 1. The third kappa shape index (κ3) is 6.56. The van der Waals surface area contributed by atoms with Gasteiger partial charge >= 0.3 is 6.18 Å². The highest BCUT2D eigenvalue weighted by Crippen LogP contribution is 2.38. The summed E-state index contributed by atoms with van der Waals surface area (Å²) in [6.45, 7) is 0.947. The number of nitrogens with zero attached hydrogens (tertiary/aromatic N) is 2. The molecule has 0 aliphatic carbocycles. The van der Waals surface area contributed by atoms with Gasteiger partial charge in [0, 0.05) is 54.3 Å². The first kappa shape index (κ1) is 28.5. The number of anilines is 1. The summed E-state index contributed by atoms with van der Waals surface area (Å²) in [5.41, 5.74) is -0.641. The minimum absolute atomic E-state index is 0.0610. The molecular weight excluding hydrogens is 540 g/mol. The Morgan fingerprint density at radius 2 is 1.92 bits per heavy atom. The van der Waals surface area contributed by atoms with E-state index < -0.39 is 43.8 Å². The van der Waals surface area contributed by atoms with Crippen LogP contribution < -0.4 is 9.64 Å². The molecule has 39 heavy (non-hydrogen) atoms. The van der Waals surface area contributed by atoms with Crippen LogP contribution in [-0.4, -0.2) is 52.4 Å². The van der Waals surface area contributed by atoms with Gasteiger partial charge < -0.3 is 14.4 Å². The number of alkyl halides is 3. The number of ether oxygens (including phenoxy) is 2. The van der Waals surface area contributed by atoms with Gasteiger partial charge in [-0.3, -0.25) is 9.78 Å². The van der Waals surface area contributed by atoms with Crippen LogP contribution in [0.1, 0.15) is 28.8 Å². The van der Waals surface area contributed by atoms with Gasteiger partial charge in [-0.15, -0.1) is 0 Å². The molecule has 1 aromatic heterocycles. The van der Waals surface area contributed by atoms with Gasteiger partial charge in [-0.2, -0.15) is 13.2 Å². The molecule has 1 amide bonds. The maximum atomic E-state index is 14.0. The molecule has 0 bridgehead atoms. The van der Waals surface area contributed by atoms with Crippen molar-refractivity contribution in [2.24, 2.45) is 5.92 Å². The Morgan fingerprint density at radius 3 is 2.56 bits per heavy atom. The Labute approximate surface area is 223 Å². The van der Waals surface area contributed by atoms with Crippen LogP contribution in [0.5, 0.6) is 5.75 Å². The lowest BCUT2D eigenvalue weighted by molar-refractivity contribution is -0.137. The number of halogens is 4. The molecule has 1 aliphatic heterocycles. The van der Waals surface area contributed by atoms with Crippen molar-refractivity contribution in [1.29, 1.82) is 0 Å².